The molecular formula is C29H30N4O5. The Hall–Kier alpha value is -4.66. The predicted octanol–water partition coefficient (Wildman–Crippen LogP) is 4.07. The summed E-state index contributed by atoms with van der Waals surface area (Å²) in [7, 11) is 2.79. The molecule has 3 heterocycles. The molecule has 1 aromatic carbocycles. The zero-order valence-corrected chi connectivity index (χ0v) is 21.8. The van der Waals surface area contributed by atoms with E-state index in [4.69, 9.17) is 14.2 Å². The van der Waals surface area contributed by atoms with Gasteiger partial charge in [0.1, 0.15) is 12.4 Å². The van der Waals surface area contributed by atoms with E-state index in [2.05, 4.69) is 20.3 Å². The van der Waals surface area contributed by atoms with Crippen molar-refractivity contribution in [2.75, 3.05) is 20.8 Å². The van der Waals surface area contributed by atoms with Gasteiger partial charge in [0.05, 0.1) is 31.3 Å². The van der Waals surface area contributed by atoms with E-state index in [0.29, 0.717) is 28.4 Å². The number of aromatic amines is 1. The molecule has 0 saturated carbocycles. The molecule has 0 saturated heterocycles. The number of esters is 2. The first-order chi connectivity index (χ1) is 18.4. The normalized spacial score (nSPS) is 15.4. The van der Waals surface area contributed by atoms with Crippen LogP contribution in [0.3, 0.4) is 0 Å². The number of allylic oxidation sites excluding steroid dienone is 2. The number of hydrogen-bond donors (Lipinski definition) is 2. The molecule has 0 fully saturated rings. The predicted molar refractivity (Wildman–Crippen MR) is 142 cm³/mol. The third-order valence-corrected chi connectivity index (χ3v) is 6.22. The molecular weight excluding hydrogens is 484 g/mol. The first-order valence-electron chi connectivity index (χ1n) is 12.1. The molecule has 196 valence electrons. The van der Waals surface area contributed by atoms with Crippen LogP contribution in [0.4, 0.5) is 0 Å². The molecule has 4 rings (SSSR count). The van der Waals surface area contributed by atoms with E-state index < -0.39 is 17.9 Å². The smallest absolute Gasteiger partial charge is 0.337 e. The number of imidazole rings is 1. The van der Waals surface area contributed by atoms with Crippen molar-refractivity contribution < 1.29 is 23.8 Å². The molecule has 2 N–H and O–H groups in total. The number of ether oxygens (including phenoxy) is 3. The highest BCUT2D eigenvalue weighted by Gasteiger charge is 2.39. The van der Waals surface area contributed by atoms with Crippen molar-refractivity contribution >= 4 is 18.0 Å². The fourth-order valence-corrected chi connectivity index (χ4v) is 4.47. The number of methoxy groups -OCH3 is 2. The number of aromatic nitrogens is 3. The third-order valence-electron chi connectivity index (χ3n) is 6.22. The minimum atomic E-state index is -0.773. The van der Waals surface area contributed by atoms with Crippen LogP contribution in [0.5, 0.6) is 5.88 Å². The van der Waals surface area contributed by atoms with E-state index in [1.807, 2.05) is 30.3 Å². The number of pyridine rings is 1. The van der Waals surface area contributed by atoms with Crippen molar-refractivity contribution in [3.05, 3.63) is 106 Å². The van der Waals surface area contributed by atoms with Crippen molar-refractivity contribution in [1.82, 2.24) is 20.3 Å². The fraction of sp³-hybridized carbons (Fsp3) is 0.241. The summed E-state index contributed by atoms with van der Waals surface area (Å²) >= 11 is 0. The average molecular weight is 515 g/mol. The number of nitrogens with zero attached hydrogens (tertiary/aromatic N) is 2. The van der Waals surface area contributed by atoms with Crippen molar-refractivity contribution in [3.8, 4) is 5.88 Å². The van der Waals surface area contributed by atoms with Crippen LogP contribution in [0.1, 0.15) is 42.3 Å². The Morgan fingerprint density at radius 2 is 1.71 bits per heavy atom. The highest BCUT2D eigenvalue weighted by Crippen LogP contribution is 2.41. The monoisotopic (exact) mass is 514 g/mol. The van der Waals surface area contributed by atoms with Gasteiger partial charge in [-0.25, -0.2) is 19.6 Å². The summed E-state index contributed by atoms with van der Waals surface area (Å²) in [5.74, 6) is -0.672. The molecule has 1 atom stereocenters. The second-order valence-electron chi connectivity index (χ2n) is 8.68. The van der Waals surface area contributed by atoms with Gasteiger partial charge < -0.3 is 24.5 Å². The van der Waals surface area contributed by atoms with Crippen molar-refractivity contribution in [1.29, 1.82) is 0 Å². The second-order valence-corrected chi connectivity index (χ2v) is 8.68. The van der Waals surface area contributed by atoms with Crippen LogP contribution in [0.2, 0.25) is 0 Å². The molecule has 0 aliphatic carbocycles. The topological polar surface area (TPSA) is 115 Å². The molecule has 1 aliphatic heterocycles. The van der Waals surface area contributed by atoms with Gasteiger partial charge in [-0.3, -0.25) is 0 Å². The molecule has 38 heavy (non-hydrogen) atoms. The largest absolute Gasteiger partial charge is 0.481 e. The summed E-state index contributed by atoms with van der Waals surface area (Å²) in [6, 6.07) is 11.6. The number of nitrogens with one attached hydrogen (secondary N) is 2. The Kier molecular flexibility index (Phi) is 8.37. The summed E-state index contributed by atoms with van der Waals surface area (Å²) in [6.07, 6.45) is 9.50. The molecule has 9 heteroatoms. The minimum Gasteiger partial charge on any atom is -0.481 e. The first-order valence-corrected chi connectivity index (χ1v) is 12.1. The van der Waals surface area contributed by atoms with Crippen LogP contribution in [0.25, 0.3) is 6.08 Å². The number of rotatable bonds is 9. The SMILES string of the molecule is COC(=O)C1=C(C)NC(C)=C(C(=O)OCC=Cc2ccc(Cc3ncc[nH]3)cc2)C1c1cccnc1OC. The summed E-state index contributed by atoms with van der Waals surface area (Å²) in [6.45, 7) is 3.58. The van der Waals surface area contributed by atoms with Gasteiger partial charge in [0.15, 0.2) is 0 Å². The molecule has 0 radical (unpaired) electrons. The maximum atomic E-state index is 13.4. The quantitative estimate of drug-likeness (QED) is 0.411. The first kappa shape index (κ1) is 26.4. The fourth-order valence-electron chi connectivity index (χ4n) is 4.47. The van der Waals surface area contributed by atoms with Gasteiger partial charge in [-0.1, -0.05) is 36.4 Å². The maximum Gasteiger partial charge on any atom is 0.337 e. The molecule has 3 aromatic rings. The minimum absolute atomic E-state index is 0.0525. The molecule has 1 aliphatic rings. The van der Waals surface area contributed by atoms with E-state index in [9.17, 15) is 9.59 Å². The van der Waals surface area contributed by atoms with Crippen LogP contribution in [-0.2, 0) is 25.5 Å². The standard InChI is InChI=1S/C29H30N4O5/c1-18-24(28(34)37-4)26(22-8-5-13-32-27(22)36-3)25(19(2)33-18)29(35)38-16-6-7-20-9-11-21(12-10-20)17-23-30-14-15-31-23/h5-15,26,33H,16-17H2,1-4H3,(H,30,31). The van der Waals surface area contributed by atoms with Crippen LogP contribution < -0.4 is 10.1 Å². The Bertz CT molecular complexity index is 1390. The summed E-state index contributed by atoms with van der Waals surface area (Å²) in [4.78, 5) is 37.8. The van der Waals surface area contributed by atoms with Crippen LogP contribution in [0, 0.1) is 0 Å². The molecule has 0 spiro atoms. The molecule has 0 amide bonds. The number of carbonyl (C=O) groups is 2. The van der Waals surface area contributed by atoms with E-state index in [-0.39, 0.29) is 12.2 Å². The van der Waals surface area contributed by atoms with Crippen molar-refractivity contribution in [2.24, 2.45) is 0 Å². The highest BCUT2D eigenvalue weighted by atomic mass is 16.5. The number of carbonyl (C=O) groups excluding carboxylic acids is 2. The van der Waals surface area contributed by atoms with Crippen LogP contribution in [-0.4, -0.2) is 47.7 Å². The Morgan fingerprint density at radius 3 is 2.37 bits per heavy atom. The van der Waals surface area contributed by atoms with Crippen molar-refractivity contribution in [3.63, 3.8) is 0 Å². The van der Waals surface area contributed by atoms with E-state index >= 15 is 0 Å². The summed E-state index contributed by atoms with van der Waals surface area (Å²) in [5.41, 5.74) is 4.41. The summed E-state index contributed by atoms with van der Waals surface area (Å²) < 4.78 is 16.1. The number of hydrogen-bond acceptors (Lipinski definition) is 8. The van der Waals surface area contributed by atoms with E-state index in [1.54, 1.807) is 50.6 Å². The van der Waals surface area contributed by atoms with Gasteiger partial charge >= 0.3 is 11.9 Å². The molecule has 9 nitrogen and oxygen atoms in total. The molecule has 2 aromatic heterocycles. The molecule has 1 unspecified atom stereocenters. The third kappa shape index (κ3) is 5.83. The van der Waals surface area contributed by atoms with Gasteiger partial charge in [-0.2, -0.15) is 0 Å². The summed E-state index contributed by atoms with van der Waals surface area (Å²) in [5, 5.41) is 3.12. The number of H-pyrrole nitrogens is 1. The zero-order valence-electron chi connectivity index (χ0n) is 21.8. The lowest BCUT2D eigenvalue weighted by atomic mass is 9.80. The Labute approximate surface area is 221 Å². The van der Waals surface area contributed by atoms with Gasteiger partial charge in [-0.15, -0.1) is 0 Å². The van der Waals surface area contributed by atoms with Gasteiger partial charge in [0.25, 0.3) is 0 Å². The average Bonchev–Trinajstić information content (AvgIpc) is 3.44. The molecule has 0 bridgehead atoms. The Morgan fingerprint density at radius 1 is 0.974 bits per heavy atom. The maximum absolute atomic E-state index is 13.4. The van der Waals surface area contributed by atoms with Gasteiger partial charge in [-0.05, 0) is 37.1 Å². The number of benzene rings is 1. The lowest BCUT2D eigenvalue weighted by molar-refractivity contribution is -0.138. The highest BCUT2D eigenvalue weighted by molar-refractivity contribution is 6.00. The lowest BCUT2D eigenvalue weighted by Gasteiger charge is -2.30. The van der Waals surface area contributed by atoms with Gasteiger partial charge in [0, 0.05) is 42.0 Å². The zero-order chi connectivity index (χ0) is 27.1. The Balaban J connectivity index is 1.50. The number of dihydropyridines is 1. The van der Waals surface area contributed by atoms with Crippen LogP contribution >= 0.6 is 0 Å². The van der Waals surface area contributed by atoms with Crippen LogP contribution in [0.15, 0.2) is 83.6 Å². The van der Waals surface area contributed by atoms with Crippen molar-refractivity contribution in [2.45, 2.75) is 26.2 Å². The second kappa shape index (κ2) is 12.1. The van der Waals surface area contributed by atoms with E-state index in [0.717, 1.165) is 23.4 Å². The lowest BCUT2D eigenvalue weighted by Crippen LogP contribution is -2.32. The van der Waals surface area contributed by atoms with E-state index in [1.165, 1.54) is 14.2 Å². The van der Waals surface area contributed by atoms with Gasteiger partial charge in [0.2, 0.25) is 5.88 Å².